The number of amides is 1. The van der Waals surface area contributed by atoms with Crippen molar-refractivity contribution >= 4 is 41.9 Å². The molecule has 0 unspecified atom stereocenters. The lowest BCUT2D eigenvalue weighted by atomic mass is 10.2. The molecule has 1 rings (SSSR count). The lowest BCUT2D eigenvalue weighted by Crippen LogP contribution is -2.21. The molecule has 0 fully saturated rings. The summed E-state index contributed by atoms with van der Waals surface area (Å²) in [6.07, 6.45) is 1.65. The molecule has 1 heterocycles. The van der Waals surface area contributed by atoms with Crippen LogP contribution in [0.3, 0.4) is 0 Å². The first kappa shape index (κ1) is 16.7. The molecule has 1 aromatic heterocycles. The van der Waals surface area contributed by atoms with Gasteiger partial charge in [0.05, 0.1) is 0 Å². The molecule has 0 aliphatic rings. The van der Waals surface area contributed by atoms with Gasteiger partial charge in [0.25, 0.3) is 0 Å². The molecule has 0 atom stereocenters. The zero-order chi connectivity index (χ0) is 14.0. The molecule has 0 bridgehead atoms. The summed E-state index contributed by atoms with van der Waals surface area (Å²) in [6, 6.07) is 1.89. The Bertz CT molecular complexity index is 399. The number of hydrogen-bond acceptors (Lipinski definition) is 4. The number of nitrogens with one attached hydrogen (secondary N) is 1. The Morgan fingerprint density at radius 2 is 2.17 bits per heavy atom. The van der Waals surface area contributed by atoms with Crippen molar-refractivity contribution in [2.45, 2.75) is 13.8 Å². The normalized spacial score (nSPS) is 10.3. The third-order valence-electron chi connectivity index (χ3n) is 1.75. The lowest BCUT2D eigenvalue weighted by Gasteiger charge is -1.93. The van der Waals surface area contributed by atoms with Gasteiger partial charge >= 0.3 is 5.97 Å². The minimum Gasteiger partial charge on any atom is -0.478 e. The van der Waals surface area contributed by atoms with Crippen LogP contribution in [0.15, 0.2) is 22.4 Å². The van der Waals surface area contributed by atoms with Crippen molar-refractivity contribution in [3.05, 3.63) is 28.0 Å². The summed E-state index contributed by atoms with van der Waals surface area (Å²) in [4.78, 5) is 20.4. The highest BCUT2D eigenvalue weighted by Crippen LogP contribution is 2.10. The van der Waals surface area contributed by atoms with Crippen LogP contribution in [-0.4, -0.2) is 29.3 Å². The Balaban J connectivity index is 0.000000360. The summed E-state index contributed by atoms with van der Waals surface area (Å²) >= 11 is 5.44. The van der Waals surface area contributed by atoms with Crippen LogP contribution in [0.4, 0.5) is 0 Å². The summed E-state index contributed by atoms with van der Waals surface area (Å²) in [6.45, 7) is 3.74. The molecule has 4 nitrogen and oxygen atoms in total. The van der Waals surface area contributed by atoms with E-state index in [9.17, 15) is 9.59 Å². The van der Waals surface area contributed by atoms with Crippen molar-refractivity contribution in [3.8, 4) is 0 Å². The fourth-order valence-corrected chi connectivity index (χ4v) is 1.63. The molecule has 0 aliphatic heterocycles. The number of carboxylic acids is 1. The number of carbonyl (C=O) groups is 2. The summed E-state index contributed by atoms with van der Waals surface area (Å²) < 4.78 is 0. The molecule has 0 saturated carbocycles. The van der Waals surface area contributed by atoms with E-state index in [0.29, 0.717) is 17.9 Å². The fraction of sp³-hybridized carbons (Fsp3) is 0.333. The monoisotopic (exact) mass is 287 g/mol. The van der Waals surface area contributed by atoms with Crippen molar-refractivity contribution in [1.29, 1.82) is 0 Å². The Kier molecular flexibility index (Phi) is 9.04. The predicted molar refractivity (Wildman–Crippen MR) is 78.1 cm³/mol. The number of thiol groups is 1. The van der Waals surface area contributed by atoms with Crippen LogP contribution in [0, 0.1) is 0 Å². The van der Waals surface area contributed by atoms with Crippen molar-refractivity contribution in [2.24, 2.45) is 0 Å². The van der Waals surface area contributed by atoms with Gasteiger partial charge in [-0.15, -0.1) is 0 Å². The highest BCUT2D eigenvalue weighted by molar-refractivity contribution is 7.80. The maximum atomic E-state index is 10.4. The summed E-state index contributed by atoms with van der Waals surface area (Å²) in [5.74, 6) is -0.148. The molecule has 0 spiro atoms. The molecule has 1 amide bonds. The van der Waals surface area contributed by atoms with Gasteiger partial charge < -0.3 is 10.4 Å². The maximum absolute atomic E-state index is 10.4. The third-order valence-corrected chi connectivity index (χ3v) is 2.67. The van der Waals surface area contributed by atoms with Crippen LogP contribution in [0.25, 0.3) is 6.08 Å². The lowest BCUT2D eigenvalue weighted by molar-refractivity contribution is -0.132. The van der Waals surface area contributed by atoms with Crippen molar-refractivity contribution < 1.29 is 14.7 Å². The summed E-state index contributed by atoms with van der Waals surface area (Å²) in [5.41, 5.74) is 1.32. The molecule has 0 saturated heterocycles. The zero-order valence-electron chi connectivity index (χ0n) is 10.3. The first-order chi connectivity index (χ1) is 8.47. The average molecular weight is 287 g/mol. The first-order valence-electron chi connectivity index (χ1n) is 5.26. The SMILES string of the molecule is CC(=Cc1ccsc1)C(=O)O.CC(=O)NCCS. The molecule has 100 valence electrons. The van der Waals surface area contributed by atoms with Crippen LogP contribution in [0.5, 0.6) is 0 Å². The standard InChI is InChI=1S/C8H8O2S.C4H9NOS/c1-6(8(9)10)4-7-2-3-11-5-7;1-4(6)5-2-3-7/h2-5H,1H3,(H,9,10);7H,2-3H2,1H3,(H,5,6). The molecule has 0 aromatic carbocycles. The van der Waals surface area contributed by atoms with E-state index in [4.69, 9.17) is 5.11 Å². The van der Waals surface area contributed by atoms with Gasteiger partial charge in [0, 0.05) is 24.8 Å². The van der Waals surface area contributed by atoms with E-state index < -0.39 is 5.97 Å². The van der Waals surface area contributed by atoms with E-state index in [1.54, 1.807) is 24.3 Å². The smallest absolute Gasteiger partial charge is 0.331 e. The highest BCUT2D eigenvalue weighted by Gasteiger charge is 1.98. The molecular formula is C12H17NO3S2. The van der Waals surface area contributed by atoms with Gasteiger partial charge in [-0.1, -0.05) is 0 Å². The van der Waals surface area contributed by atoms with E-state index in [2.05, 4.69) is 17.9 Å². The second-order valence-electron chi connectivity index (χ2n) is 3.40. The number of carboxylic acid groups (broad SMARTS) is 1. The van der Waals surface area contributed by atoms with Crippen LogP contribution in [0.1, 0.15) is 19.4 Å². The predicted octanol–water partition coefficient (Wildman–Crippen LogP) is 2.29. The van der Waals surface area contributed by atoms with Crippen molar-refractivity contribution in [3.63, 3.8) is 0 Å². The van der Waals surface area contributed by atoms with E-state index >= 15 is 0 Å². The quantitative estimate of drug-likeness (QED) is 0.588. The average Bonchev–Trinajstić information content (AvgIpc) is 2.79. The van der Waals surface area contributed by atoms with E-state index in [1.807, 2.05) is 16.8 Å². The molecule has 18 heavy (non-hydrogen) atoms. The second-order valence-corrected chi connectivity index (χ2v) is 4.62. The number of carbonyl (C=O) groups excluding carboxylic acids is 1. The third kappa shape index (κ3) is 8.83. The minimum absolute atomic E-state index is 0.00838. The topological polar surface area (TPSA) is 66.4 Å². The van der Waals surface area contributed by atoms with Gasteiger partial charge in [0.2, 0.25) is 5.91 Å². The summed E-state index contributed by atoms with van der Waals surface area (Å²) in [7, 11) is 0. The van der Waals surface area contributed by atoms with Gasteiger partial charge in [-0.3, -0.25) is 4.79 Å². The maximum Gasteiger partial charge on any atom is 0.331 e. The van der Waals surface area contributed by atoms with E-state index in [0.717, 1.165) is 5.56 Å². The van der Waals surface area contributed by atoms with Crippen LogP contribution < -0.4 is 5.32 Å². The van der Waals surface area contributed by atoms with E-state index in [1.165, 1.54) is 6.92 Å². The molecule has 0 aliphatic carbocycles. The number of aliphatic carboxylic acids is 1. The Labute approximate surface area is 116 Å². The zero-order valence-corrected chi connectivity index (χ0v) is 12.1. The first-order valence-corrected chi connectivity index (χ1v) is 6.84. The van der Waals surface area contributed by atoms with Gasteiger partial charge in [-0.05, 0) is 35.4 Å². The minimum atomic E-state index is -0.865. The summed E-state index contributed by atoms with van der Waals surface area (Å²) in [5, 5.41) is 14.9. The number of thiophene rings is 1. The molecule has 2 N–H and O–H groups in total. The largest absolute Gasteiger partial charge is 0.478 e. The molecule has 6 heteroatoms. The highest BCUT2D eigenvalue weighted by atomic mass is 32.1. The second kappa shape index (κ2) is 9.73. The van der Waals surface area contributed by atoms with Gasteiger partial charge in [0.15, 0.2) is 0 Å². The Morgan fingerprint density at radius 1 is 1.50 bits per heavy atom. The molecule has 0 radical (unpaired) electrons. The van der Waals surface area contributed by atoms with Gasteiger partial charge in [-0.2, -0.15) is 24.0 Å². The van der Waals surface area contributed by atoms with E-state index in [-0.39, 0.29) is 5.91 Å². The van der Waals surface area contributed by atoms with Crippen LogP contribution >= 0.6 is 24.0 Å². The van der Waals surface area contributed by atoms with Crippen LogP contribution in [0.2, 0.25) is 0 Å². The van der Waals surface area contributed by atoms with Crippen LogP contribution in [-0.2, 0) is 9.59 Å². The molecule has 1 aromatic rings. The van der Waals surface area contributed by atoms with Gasteiger partial charge in [0.1, 0.15) is 0 Å². The van der Waals surface area contributed by atoms with Gasteiger partial charge in [-0.25, -0.2) is 4.79 Å². The Morgan fingerprint density at radius 3 is 2.50 bits per heavy atom. The number of rotatable bonds is 4. The fourth-order valence-electron chi connectivity index (χ4n) is 0.901. The van der Waals surface area contributed by atoms with Crippen molar-refractivity contribution in [1.82, 2.24) is 5.32 Å². The van der Waals surface area contributed by atoms with Crippen molar-refractivity contribution in [2.75, 3.05) is 12.3 Å². The molecular weight excluding hydrogens is 270 g/mol. The Hall–Kier alpha value is -1.27. The number of hydrogen-bond donors (Lipinski definition) is 3.